The number of nitrogens with zero attached hydrogens (tertiary/aromatic N) is 3. The van der Waals surface area contributed by atoms with Gasteiger partial charge >= 0.3 is 5.97 Å². The first-order valence-electron chi connectivity index (χ1n) is 16.1. The third-order valence-corrected chi connectivity index (χ3v) is 7.70. The molecule has 3 rings (SSSR count). The summed E-state index contributed by atoms with van der Waals surface area (Å²) in [6, 6.07) is 3.88. The second kappa shape index (κ2) is 19.8. The van der Waals surface area contributed by atoms with Crippen molar-refractivity contribution in [3.63, 3.8) is 0 Å². The molecule has 0 unspecified atom stereocenters. The van der Waals surface area contributed by atoms with Crippen LogP contribution in [0.25, 0.3) is 0 Å². The van der Waals surface area contributed by atoms with Crippen molar-refractivity contribution in [1.29, 1.82) is 0 Å². The molecule has 1 aliphatic heterocycles. The van der Waals surface area contributed by atoms with Gasteiger partial charge in [0.25, 0.3) is 5.91 Å². The smallest absolute Gasteiger partial charge is 0.335 e. The number of benzene rings is 1. The van der Waals surface area contributed by atoms with E-state index < -0.39 is 54.9 Å². The molecule has 1 aromatic carbocycles. The maximum Gasteiger partial charge on any atom is 0.335 e. The number of aliphatic carboxylic acids is 1. The summed E-state index contributed by atoms with van der Waals surface area (Å²) < 4.78 is 23.5. The second-order valence-electron chi connectivity index (χ2n) is 11.7. The molecule has 1 saturated heterocycles. The highest BCUT2D eigenvalue weighted by molar-refractivity contribution is 6.58. The molecule has 1 amide bonds. The third kappa shape index (κ3) is 12.7. The molecule has 266 valence electrons. The van der Waals surface area contributed by atoms with Gasteiger partial charge in [-0.3, -0.25) is 9.48 Å². The predicted octanol–water partition coefficient (Wildman–Crippen LogP) is 1.43. The molecular weight excluding hydrogens is 639 g/mol. The number of aromatic nitrogens is 3. The maximum absolute atomic E-state index is 13.2. The van der Waals surface area contributed by atoms with Crippen molar-refractivity contribution in [2.75, 3.05) is 19.8 Å². The van der Waals surface area contributed by atoms with Crippen LogP contribution in [-0.2, 0) is 32.2 Å². The lowest BCUT2D eigenvalue weighted by molar-refractivity contribution is -0.271. The molecule has 1 fully saturated rings. The van der Waals surface area contributed by atoms with Gasteiger partial charge in [-0.1, -0.05) is 28.5 Å². The fourth-order valence-corrected chi connectivity index (χ4v) is 4.78. The molecule has 16 heteroatoms. The van der Waals surface area contributed by atoms with Crippen LogP contribution in [0, 0.1) is 0 Å². The fraction of sp³-hybridized carbons (Fsp3) is 0.545. The first kappa shape index (κ1) is 39.4. The van der Waals surface area contributed by atoms with Crippen LogP contribution in [0.1, 0.15) is 68.9 Å². The van der Waals surface area contributed by atoms with Gasteiger partial charge < -0.3 is 49.5 Å². The van der Waals surface area contributed by atoms with E-state index in [-0.39, 0.29) is 30.2 Å². The Bertz CT molecular complexity index is 1460. The van der Waals surface area contributed by atoms with Crippen molar-refractivity contribution < 1.29 is 53.8 Å². The van der Waals surface area contributed by atoms with E-state index in [2.05, 4.69) is 48.6 Å². The van der Waals surface area contributed by atoms with Crippen LogP contribution in [0.4, 0.5) is 0 Å². The topological polar surface area (TPSA) is 212 Å². The molecule has 2 radical (unpaired) electrons. The zero-order chi connectivity index (χ0) is 35.9. The molecule has 1 aliphatic rings. The van der Waals surface area contributed by atoms with Crippen molar-refractivity contribution in [3.8, 4) is 11.5 Å². The molecule has 2 aromatic rings. The average Bonchev–Trinajstić information content (AvgIpc) is 3.52. The highest BCUT2D eigenvalue weighted by Crippen LogP contribution is 2.29. The van der Waals surface area contributed by atoms with E-state index in [0.717, 1.165) is 32.2 Å². The Labute approximate surface area is 286 Å². The molecule has 0 aliphatic carbocycles. The fourth-order valence-electron chi connectivity index (χ4n) is 4.78. The van der Waals surface area contributed by atoms with Crippen LogP contribution in [-0.4, -0.2) is 111 Å². The molecule has 49 heavy (non-hydrogen) atoms. The van der Waals surface area contributed by atoms with Gasteiger partial charge in [-0.25, -0.2) is 4.79 Å². The van der Waals surface area contributed by atoms with Crippen LogP contribution in [0.3, 0.4) is 0 Å². The van der Waals surface area contributed by atoms with Gasteiger partial charge in [0.1, 0.15) is 47.8 Å². The van der Waals surface area contributed by atoms with E-state index in [1.165, 1.54) is 29.3 Å². The van der Waals surface area contributed by atoms with Gasteiger partial charge in [0, 0.05) is 19.7 Å². The summed E-state index contributed by atoms with van der Waals surface area (Å²) in [5, 5.41) is 50.8. The van der Waals surface area contributed by atoms with Gasteiger partial charge in [-0.05, 0) is 71.1 Å². The average molecular weight is 685 g/mol. The zero-order valence-electron chi connectivity index (χ0n) is 28.0. The number of nitrogens with one attached hydrogen (secondary N) is 1. The molecular formula is C33H45BN4O11. The molecule has 0 saturated carbocycles. The van der Waals surface area contributed by atoms with E-state index in [0.29, 0.717) is 18.7 Å². The summed E-state index contributed by atoms with van der Waals surface area (Å²) in [6.07, 6.45) is 1.43. The van der Waals surface area contributed by atoms with E-state index >= 15 is 0 Å². The predicted molar refractivity (Wildman–Crippen MR) is 176 cm³/mol. The van der Waals surface area contributed by atoms with Crippen LogP contribution < -0.4 is 14.8 Å². The largest absolute Gasteiger partial charge is 0.487 e. The number of aryl methyl sites for hydroxylation is 1. The third-order valence-electron chi connectivity index (χ3n) is 7.70. The summed E-state index contributed by atoms with van der Waals surface area (Å²) >= 11 is 0. The van der Waals surface area contributed by atoms with Crippen molar-refractivity contribution in [3.05, 3.63) is 59.0 Å². The number of carboxylic acids is 1. The number of hydrogen-bond acceptors (Lipinski definition) is 12. The molecule has 15 nitrogen and oxygen atoms in total. The minimum atomic E-state index is -1.92. The number of carbonyl (C=O) groups is 3. The number of carbonyl (C=O) groups excluding carboxylic acids is 2. The number of hydrogen-bond donors (Lipinski definition) is 5. The number of rotatable bonds is 20. The highest BCUT2D eigenvalue weighted by Gasteiger charge is 2.48. The normalized spacial score (nSPS) is 21.3. The molecule has 1 aromatic heterocycles. The molecule has 5 N–H and O–H groups in total. The first-order chi connectivity index (χ1) is 23.4. The first-order valence-corrected chi connectivity index (χ1v) is 16.1. The molecule has 5 atom stereocenters. The maximum atomic E-state index is 13.2. The molecule has 2 heterocycles. The molecule has 0 bridgehead atoms. The SMILES string of the molecule is [B]C(=O)COc1ccc(O[C@@H]2O[C@H](C(=O)O)[C@@H](O)[C@H](O)[C@H]2O)c(C(=O)NCCCOCc2cn(CCC/C(C)=C/CC/C(C)=C/C)nn2)c1. The summed E-state index contributed by atoms with van der Waals surface area (Å²) in [4.78, 5) is 35.8. The summed E-state index contributed by atoms with van der Waals surface area (Å²) in [6.45, 7) is 7.35. The van der Waals surface area contributed by atoms with Crippen molar-refractivity contribution in [1.82, 2.24) is 20.3 Å². The van der Waals surface area contributed by atoms with Crippen LogP contribution in [0.5, 0.6) is 11.5 Å². The van der Waals surface area contributed by atoms with Gasteiger partial charge in [-0.2, -0.15) is 0 Å². The standard InChI is InChI=1S/C33H45BN4O11/c1-4-20(2)8-5-9-21(3)10-6-14-38-17-22(36-37-38)18-46-15-7-13-35-31(43)24-16-23(47-19-26(34)39)11-12-25(24)48-33-29(42)27(40)28(41)30(49-33)32(44)45/h4,9,11-12,16-17,27-30,33,40-42H,5-8,10,13-15,18-19H2,1-3H3,(H,35,43)(H,44,45)/b20-4+,21-9+/t27-,28-,29+,30-,33+/m0/s1. The Morgan fingerprint density at radius 1 is 1.08 bits per heavy atom. The van der Waals surface area contributed by atoms with Crippen LogP contribution >= 0.6 is 0 Å². The summed E-state index contributed by atoms with van der Waals surface area (Å²) in [5.74, 6) is -2.29. The quantitative estimate of drug-likeness (QED) is 0.0760. The zero-order valence-corrected chi connectivity index (χ0v) is 28.0. The lowest BCUT2D eigenvalue weighted by atomic mass is 9.99. The van der Waals surface area contributed by atoms with E-state index in [4.69, 9.17) is 26.8 Å². The monoisotopic (exact) mass is 684 g/mol. The molecule has 0 spiro atoms. The Morgan fingerprint density at radius 3 is 2.57 bits per heavy atom. The van der Waals surface area contributed by atoms with E-state index in [9.17, 15) is 34.8 Å². The number of aliphatic hydroxyl groups excluding tert-OH is 3. The minimum absolute atomic E-state index is 0.0957. The summed E-state index contributed by atoms with van der Waals surface area (Å²) in [7, 11) is 5.14. The van der Waals surface area contributed by atoms with Crippen LogP contribution in [0.15, 0.2) is 47.7 Å². The second-order valence-corrected chi connectivity index (χ2v) is 11.7. The van der Waals surface area contributed by atoms with Gasteiger partial charge in [0.05, 0.1) is 18.4 Å². The Morgan fingerprint density at radius 2 is 1.86 bits per heavy atom. The number of amides is 1. The van der Waals surface area contributed by atoms with Crippen LogP contribution in [0.2, 0.25) is 0 Å². The number of aliphatic hydroxyl groups is 3. The Kier molecular flexibility index (Phi) is 15.9. The minimum Gasteiger partial charge on any atom is -0.487 e. The van der Waals surface area contributed by atoms with Crippen molar-refractivity contribution in [2.45, 2.75) is 96.7 Å². The Hall–Kier alpha value is -4.09. The highest BCUT2D eigenvalue weighted by atomic mass is 16.7. The van der Waals surface area contributed by atoms with E-state index in [1.807, 2.05) is 6.20 Å². The summed E-state index contributed by atoms with van der Waals surface area (Å²) in [5.41, 5.74) is 2.57. The van der Waals surface area contributed by atoms with Gasteiger partial charge in [-0.15, -0.1) is 5.10 Å². The van der Waals surface area contributed by atoms with Gasteiger partial charge in [0.15, 0.2) is 14.0 Å². The Balaban J connectivity index is 1.48. The number of allylic oxidation sites excluding steroid dienone is 4. The van der Waals surface area contributed by atoms with E-state index in [1.54, 1.807) is 4.68 Å². The number of carboxylic acid groups (broad SMARTS) is 1. The number of ether oxygens (including phenoxy) is 4. The van der Waals surface area contributed by atoms with Gasteiger partial charge in [0.2, 0.25) is 6.29 Å². The lowest BCUT2D eigenvalue weighted by Gasteiger charge is -2.38. The van der Waals surface area contributed by atoms with Crippen molar-refractivity contribution in [2.24, 2.45) is 0 Å². The lowest BCUT2D eigenvalue weighted by Crippen LogP contribution is -2.61. The van der Waals surface area contributed by atoms with Crippen molar-refractivity contribution >= 4 is 25.4 Å².